The van der Waals surface area contributed by atoms with Crippen LogP contribution in [0.5, 0.6) is 0 Å². The molecule has 5 aliphatic heterocycles. The van der Waals surface area contributed by atoms with E-state index in [0.717, 1.165) is 135 Å². The lowest BCUT2D eigenvalue weighted by molar-refractivity contribution is -0.387. The molecule has 5 N–H and O–H groups in total. The summed E-state index contributed by atoms with van der Waals surface area (Å²) >= 11 is 0. The molecule has 1 aromatic rings. The number of benzene rings is 1. The topological polar surface area (TPSA) is 280 Å². The lowest BCUT2D eigenvalue weighted by Crippen LogP contribution is -2.67. The maximum absolute atomic E-state index is 14.0. The fourth-order valence-electron chi connectivity index (χ4n) is 12.9. The van der Waals surface area contributed by atoms with Crippen molar-refractivity contribution in [1.29, 1.82) is 0 Å². The van der Waals surface area contributed by atoms with Gasteiger partial charge in [-0.15, -0.1) is 0 Å². The monoisotopic (exact) mass is 1300 g/mol. The number of rotatable bonds is 31. The molecular formula is C71H116O21. The summed E-state index contributed by atoms with van der Waals surface area (Å²) in [6.45, 7) is 12.8. The molecule has 0 radical (unpaired) electrons. The highest BCUT2D eigenvalue weighted by Gasteiger charge is 2.57. The van der Waals surface area contributed by atoms with E-state index < -0.39 is 147 Å². The highest BCUT2D eigenvalue weighted by molar-refractivity contribution is 5.87. The van der Waals surface area contributed by atoms with Gasteiger partial charge in [-0.1, -0.05) is 199 Å². The van der Waals surface area contributed by atoms with Crippen LogP contribution in [0.3, 0.4) is 0 Å². The van der Waals surface area contributed by atoms with Gasteiger partial charge in [-0.05, 0) is 71.4 Å². The van der Waals surface area contributed by atoms with Crippen molar-refractivity contribution in [3.63, 3.8) is 0 Å². The molecule has 0 aromatic heterocycles. The number of fused-ring (bicyclic) bond motifs is 3. The number of carbonyl (C=O) groups excluding carboxylic acids is 4. The van der Waals surface area contributed by atoms with Crippen LogP contribution >= 0.6 is 0 Å². The Morgan fingerprint density at radius 2 is 0.957 bits per heavy atom. The van der Waals surface area contributed by atoms with Gasteiger partial charge in [0.25, 0.3) is 0 Å². The van der Waals surface area contributed by atoms with Crippen LogP contribution in [-0.2, 0) is 76.0 Å². The Hall–Kier alpha value is -3.68. The van der Waals surface area contributed by atoms with Crippen molar-refractivity contribution in [2.24, 2.45) is 0 Å². The number of esters is 4. The van der Waals surface area contributed by atoms with Gasteiger partial charge in [0.05, 0.1) is 30.5 Å². The Morgan fingerprint density at radius 1 is 0.467 bits per heavy atom. The second-order valence-electron chi connectivity index (χ2n) is 26.3. The van der Waals surface area contributed by atoms with Crippen molar-refractivity contribution in [2.45, 2.75) is 376 Å². The summed E-state index contributed by atoms with van der Waals surface area (Å²) < 4.78 is 76.0. The van der Waals surface area contributed by atoms with Gasteiger partial charge in [0, 0.05) is 25.3 Å². The average molecular weight is 1310 g/mol. The van der Waals surface area contributed by atoms with Crippen molar-refractivity contribution in [1.82, 2.24) is 0 Å². The Bertz CT molecular complexity index is 2260. The predicted molar refractivity (Wildman–Crippen MR) is 342 cm³/mol. The predicted octanol–water partition coefficient (Wildman–Crippen LogP) is 10.8. The standard InChI is InChI=1S/C71H116O21/c1-8-11-14-16-18-19-23-27-34-41-52(72)86-61-47(5)83-70(66(58(61)78)89-55(75)45-44-50-37-31-29-32-38-50)90-62-48(6)84-71(67(59(62)79)88-54(74)43-36-26-21-17-15-12-9-2)91-63-49(7)82-68-60(80)64(63)87-53(73)42-35-28-24-20-22-25-33-40-51(39-30-13-10-3)85-69-65(92-68)57(77)56(76)46(4)81-69/h29,31-32,37-38,44-49,51,56-71,76-80H,8-28,30,33-36,39-43H2,1-7H3/b45-44+/t46-,47+,48+,49+,51?,56+,57+,58-,59-,60-,61+,62+,63+,64+,65-,66-,67-,68+,69+,70+,71+/m1/s1. The number of aliphatic hydroxyl groups excluding tert-OH is 5. The third-order valence-corrected chi connectivity index (χ3v) is 18.5. The molecule has 5 saturated heterocycles. The molecule has 1 aromatic carbocycles. The fourth-order valence-corrected chi connectivity index (χ4v) is 12.9. The summed E-state index contributed by atoms with van der Waals surface area (Å²) in [5.74, 6) is -2.78. The zero-order chi connectivity index (χ0) is 66.4. The molecule has 5 aliphatic rings. The number of carbonyl (C=O) groups is 4. The molecule has 0 aliphatic carbocycles. The van der Waals surface area contributed by atoms with Gasteiger partial charge < -0.3 is 82.4 Å². The number of aliphatic hydroxyl groups is 5. The molecule has 92 heavy (non-hydrogen) atoms. The Balaban J connectivity index is 1.26. The van der Waals surface area contributed by atoms with E-state index >= 15 is 0 Å². The second kappa shape index (κ2) is 42.1. The molecule has 6 rings (SSSR count). The Morgan fingerprint density at radius 3 is 1.57 bits per heavy atom. The van der Waals surface area contributed by atoms with Crippen molar-refractivity contribution in [3.8, 4) is 0 Å². The highest BCUT2D eigenvalue weighted by Crippen LogP contribution is 2.38. The van der Waals surface area contributed by atoms with Crippen LogP contribution in [0.25, 0.3) is 6.08 Å². The quantitative estimate of drug-likeness (QED) is 0.0200. The number of unbranched alkanes of at least 4 members (excludes halogenated alkanes) is 16. The van der Waals surface area contributed by atoms with Crippen molar-refractivity contribution in [2.75, 3.05) is 0 Å². The maximum atomic E-state index is 14.0. The van der Waals surface area contributed by atoms with Crippen LogP contribution in [0.2, 0.25) is 0 Å². The molecule has 5 fully saturated rings. The third kappa shape index (κ3) is 25.1. The van der Waals surface area contributed by atoms with E-state index in [4.69, 9.17) is 56.8 Å². The molecule has 0 saturated carbocycles. The van der Waals surface area contributed by atoms with Crippen molar-refractivity contribution >= 4 is 30.0 Å². The van der Waals surface area contributed by atoms with Crippen LogP contribution in [0.15, 0.2) is 36.4 Å². The summed E-state index contributed by atoms with van der Waals surface area (Å²) in [5.41, 5.74) is 0.693. The van der Waals surface area contributed by atoms with Gasteiger partial charge in [-0.3, -0.25) is 14.4 Å². The Labute approximate surface area is 547 Å². The van der Waals surface area contributed by atoms with Gasteiger partial charge in [0.2, 0.25) is 0 Å². The molecule has 526 valence electrons. The SMILES string of the molecule is CCCCCCCCCCCC(=O)O[C@@H]1[C@@H](O)[C@@H](OC(=O)/C=C/c2ccccc2)[C@H](O[C@@H]2[C@@H](O)[C@@H](OC(=O)CCCCCCCCC)[C@H](O[C@@H]3[C@H]4OC(=O)CCCCCCCCCC(CCCCC)O[C@@H]5O[C@H](C)[C@H](O)[C@H](O)[C@H]5O[C@H](O[C@H]3C)[C@@H]4O)O[C@H]2C)O[C@H]1C. The minimum atomic E-state index is -1.82. The van der Waals surface area contributed by atoms with E-state index in [1.165, 1.54) is 37.8 Å². The molecule has 0 spiro atoms. The van der Waals surface area contributed by atoms with E-state index in [1.807, 2.05) is 6.07 Å². The molecule has 21 nitrogen and oxygen atoms in total. The molecule has 2 bridgehead atoms. The van der Waals surface area contributed by atoms with E-state index in [2.05, 4.69) is 20.8 Å². The second-order valence-corrected chi connectivity index (χ2v) is 26.3. The van der Waals surface area contributed by atoms with Crippen LogP contribution in [-0.4, -0.2) is 178 Å². The van der Waals surface area contributed by atoms with Crippen molar-refractivity contribution in [3.05, 3.63) is 42.0 Å². The summed E-state index contributed by atoms with van der Waals surface area (Å²) in [7, 11) is 0. The maximum Gasteiger partial charge on any atom is 0.331 e. The van der Waals surface area contributed by atoms with E-state index in [1.54, 1.807) is 52.0 Å². The minimum absolute atomic E-state index is 0.0115. The smallest absolute Gasteiger partial charge is 0.331 e. The number of ether oxygens (including phenoxy) is 12. The van der Waals surface area contributed by atoms with E-state index in [-0.39, 0.29) is 25.4 Å². The first-order valence-corrected chi connectivity index (χ1v) is 35.6. The van der Waals surface area contributed by atoms with Gasteiger partial charge in [0.1, 0.15) is 48.8 Å². The zero-order valence-electron chi connectivity index (χ0n) is 56.4. The zero-order valence-corrected chi connectivity index (χ0v) is 56.4. The largest absolute Gasteiger partial charge is 0.457 e. The fraction of sp³-hybridized carbons (Fsp3) is 0.831. The first-order valence-electron chi connectivity index (χ1n) is 35.6. The summed E-state index contributed by atoms with van der Waals surface area (Å²) in [4.78, 5) is 55.1. The van der Waals surface area contributed by atoms with Gasteiger partial charge >= 0.3 is 23.9 Å². The first-order chi connectivity index (χ1) is 44.4. The van der Waals surface area contributed by atoms with Crippen LogP contribution in [0.1, 0.15) is 253 Å². The molecule has 21 atom stereocenters. The van der Waals surface area contributed by atoms with Gasteiger partial charge in [-0.2, -0.15) is 0 Å². The first kappa shape index (κ1) is 77.3. The lowest BCUT2D eigenvalue weighted by atomic mass is 9.95. The molecule has 21 heteroatoms. The van der Waals surface area contributed by atoms with Crippen LogP contribution in [0, 0.1) is 0 Å². The highest BCUT2D eigenvalue weighted by atomic mass is 16.8. The molecule has 1 unspecified atom stereocenters. The summed E-state index contributed by atoms with van der Waals surface area (Å²) in [5, 5.41) is 60.1. The van der Waals surface area contributed by atoms with Crippen LogP contribution in [0.4, 0.5) is 0 Å². The lowest BCUT2D eigenvalue weighted by Gasteiger charge is -2.49. The summed E-state index contributed by atoms with van der Waals surface area (Å²) in [6.07, 6.45) is -0.0253. The normalized spacial score (nSPS) is 34.6. The van der Waals surface area contributed by atoms with E-state index in [9.17, 15) is 44.7 Å². The number of hydrogen-bond donors (Lipinski definition) is 5. The van der Waals surface area contributed by atoms with Gasteiger partial charge in [0.15, 0.2) is 49.6 Å². The minimum Gasteiger partial charge on any atom is -0.457 e. The Kier molecular flexibility index (Phi) is 35.4. The van der Waals surface area contributed by atoms with Crippen molar-refractivity contribution < 1.29 is 102 Å². The molecule has 0 amide bonds. The number of hydrogen-bond acceptors (Lipinski definition) is 21. The summed E-state index contributed by atoms with van der Waals surface area (Å²) in [6, 6.07) is 9.01. The van der Waals surface area contributed by atoms with E-state index in [0.29, 0.717) is 24.8 Å². The molecule has 5 heterocycles. The molecular weight excluding hydrogens is 1190 g/mol. The van der Waals surface area contributed by atoms with Gasteiger partial charge in [-0.25, -0.2) is 4.79 Å². The van der Waals surface area contributed by atoms with Crippen LogP contribution < -0.4 is 0 Å². The average Bonchev–Trinajstić information content (AvgIpc) is 0.818. The third-order valence-electron chi connectivity index (χ3n) is 18.5.